The minimum atomic E-state index is -0.956. The van der Waals surface area contributed by atoms with Gasteiger partial charge in [0.1, 0.15) is 11.6 Å². The first kappa shape index (κ1) is 13.4. The third-order valence-corrected chi connectivity index (χ3v) is 3.27. The Hall–Kier alpha value is -1.00. The molecule has 0 amide bonds. The fourth-order valence-corrected chi connectivity index (χ4v) is 2.69. The third-order valence-electron chi connectivity index (χ3n) is 3.27. The Bertz CT molecular complexity index is 425. The van der Waals surface area contributed by atoms with Gasteiger partial charge >= 0.3 is 0 Å². The molecule has 1 heterocycles. The van der Waals surface area contributed by atoms with E-state index in [1.54, 1.807) is 0 Å². The Kier molecular flexibility index (Phi) is 3.43. The van der Waals surface area contributed by atoms with Crippen LogP contribution in [0.5, 0.6) is 0 Å². The maximum Gasteiger partial charge on any atom is 0.126 e. The Balaban J connectivity index is 2.16. The first-order chi connectivity index (χ1) is 8.28. The molecule has 1 aromatic carbocycles. The quantitative estimate of drug-likeness (QED) is 0.881. The molecule has 1 N–H and O–H groups in total. The van der Waals surface area contributed by atoms with Crippen molar-refractivity contribution in [3.63, 3.8) is 0 Å². The average molecular weight is 256 g/mol. The second-order valence-electron chi connectivity index (χ2n) is 5.71. The number of hydrogen-bond donors (Lipinski definition) is 1. The van der Waals surface area contributed by atoms with Crippen molar-refractivity contribution in [2.24, 2.45) is 0 Å². The van der Waals surface area contributed by atoms with Crippen molar-refractivity contribution in [2.75, 3.05) is 6.61 Å². The van der Waals surface area contributed by atoms with Crippen LogP contribution in [-0.2, 0) is 11.2 Å². The minimum Gasteiger partial charge on any atom is -0.389 e. The molecule has 4 heteroatoms. The van der Waals surface area contributed by atoms with Crippen molar-refractivity contribution in [1.29, 1.82) is 0 Å². The van der Waals surface area contributed by atoms with Crippen molar-refractivity contribution in [2.45, 2.75) is 44.3 Å². The van der Waals surface area contributed by atoms with Gasteiger partial charge in [0.05, 0.1) is 17.8 Å². The molecular formula is C14H18F2O2. The van der Waals surface area contributed by atoms with E-state index >= 15 is 0 Å². The Labute approximate surface area is 106 Å². The van der Waals surface area contributed by atoms with Crippen LogP contribution in [0.3, 0.4) is 0 Å². The molecule has 1 saturated heterocycles. The van der Waals surface area contributed by atoms with Gasteiger partial charge in [-0.15, -0.1) is 0 Å². The number of hydrogen-bond acceptors (Lipinski definition) is 2. The first-order valence-corrected chi connectivity index (χ1v) is 6.09. The largest absolute Gasteiger partial charge is 0.389 e. The van der Waals surface area contributed by atoms with E-state index in [-0.39, 0.29) is 6.42 Å². The van der Waals surface area contributed by atoms with Crippen LogP contribution in [0, 0.1) is 11.6 Å². The molecule has 1 atom stereocenters. The SMILES string of the molecule is CC1(C)CC(O)(Cc2cc(F)cc(F)c2)CCO1. The van der Waals surface area contributed by atoms with Crippen LogP contribution >= 0.6 is 0 Å². The topological polar surface area (TPSA) is 29.5 Å². The van der Waals surface area contributed by atoms with Gasteiger partial charge in [-0.2, -0.15) is 0 Å². The molecule has 0 aromatic heterocycles. The number of ether oxygens (including phenoxy) is 1. The molecule has 18 heavy (non-hydrogen) atoms. The van der Waals surface area contributed by atoms with Gasteiger partial charge in [-0.3, -0.25) is 0 Å². The van der Waals surface area contributed by atoms with E-state index in [1.165, 1.54) is 12.1 Å². The van der Waals surface area contributed by atoms with Crippen LogP contribution in [0.2, 0.25) is 0 Å². The molecule has 1 unspecified atom stereocenters. The van der Waals surface area contributed by atoms with Crippen LogP contribution in [0.1, 0.15) is 32.3 Å². The minimum absolute atomic E-state index is 0.245. The predicted molar refractivity (Wildman–Crippen MR) is 64.3 cm³/mol. The smallest absolute Gasteiger partial charge is 0.126 e. The number of halogens is 2. The molecule has 2 rings (SSSR count). The maximum atomic E-state index is 13.1. The van der Waals surface area contributed by atoms with E-state index in [0.717, 1.165) is 6.07 Å². The number of aliphatic hydroxyl groups is 1. The standard InChI is InChI=1S/C14H18F2O2/c1-13(2)9-14(17,3-4-18-13)8-10-5-11(15)7-12(16)6-10/h5-7,17H,3-4,8-9H2,1-2H3. The van der Waals surface area contributed by atoms with Crippen molar-refractivity contribution in [3.05, 3.63) is 35.4 Å². The van der Waals surface area contributed by atoms with Gasteiger partial charge in [0.2, 0.25) is 0 Å². The van der Waals surface area contributed by atoms with E-state index < -0.39 is 22.8 Å². The first-order valence-electron chi connectivity index (χ1n) is 6.09. The summed E-state index contributed by atoms with van der Waals surface area (Å²) in [5, 5.41) is 10.5. The van der Waals surface area contributed by atoms with E-state index in [0.29, 0.717) is 25.0 Å². The number of rotatable bonds is 2. The van der Waals surface area contributed by atoms with Gasteiger partial charge in [0.25, 0.3) is 0 Å². The molecular weight excluding hydrogens is 238 g/mol. The lowest BCUT2D eigenvalue weighted by Crippen LogP contribution is -2.47. The normalized spacial score (nSPS) is 27.2. The molecule has 0 radical (unpaired) electrons. The van der Waals surface area contributed by atoms with Crippen LogP contribution in [0.25, 0.3) is 0 Å². The summed E-state index contributed by atoms with van der Waals surface area (Å²) in [5.41, 5.74) is -0.881. The van der Waals surface area contributed by atoms with E-state index in [2.05, 4.69) is 0 Å². The fraction of sp³-hybridized carbons (Fsp3) is 0.571. The molecule has 1 aromatic rings. The summed E-state index contributed by atoms with van der Waals surface area (Å²) in [6.07, 6.45) is 1.18. The second-order valence-corrected chi connectivity index (χ2v) is 5.71. The second kappa shape index (κ2) is 4.59. The molecule has 0 saturated carbocycles. The zero-order valence-electron chi connectivity index (χ0n) is 10.7. The zero-order valence-corrected chi connectivity index (χ0v) is 10.7. The molecule has 1 aliphatic rings. The highest BCUT2D eigenvalue weighted by Crippen LogP contribution is 2.34. The predicted octanol–water partition coefficient (Wildman–Crippen LogP) is 2.83. The summed E-state index contributed by atoms with van der Waals surface area (Å²) in [6, 6.07) is 3.37. The lowest BCUT2D eigenvalue weighted by Gasteiger charge is -2.41. The Morgan fingerprint density at radius 2 is 1.83 bits per heavy atom. The van der Waals surface area contributed by atoms with Crippen LogP contribution in [-0.4, -0.2) is 22.9 Å². The van der Waals surface area contributed by atoms with Gasteiger partial charge in [-0.1, -0.05) is 0 Å². The van der Waals surface area contributed by atoms with Gasteiger partial charge in [-0.25, -0.2) is 8.78 Å². The summed E-state index contributed by atoms with van der Waals surface area (Å²) in [5.74, 6) is -1.22. The van der Waals surface area contributed by atoms with E-state index in [4.69, 9.17) is 4.74 Å². The Morgan fingerprint density at radius 3 is 2.39 bits per heavy atom. The molecule has 0 aliphatic carbocycles. The lowest BCUT2D eigenvalue weighted by molar-refractivity contribution is -0.143. The van der Waals surface area contributed by atoms with Gasteiger partial charge in [-0.05, 0) is 38.0 Å². The molecule has 1 aliphatic heterocycles. The van der Waals surface area contributed by atoms with E-state index in [9.17, 15) is 13.9 Å². The van der Waals surface area contributed by atoms with Gasteiger partial charge in [0.15, 0.2) is 0 Å². The number of benzene rings is 1. The maximum absolute atomic E-state index is 13.1. The van der Waals surface area contributed by atoms with Crippen molar-refractivity contribution < 1.29 is 18.6 Å². The molecule has 2 nitrogen and oxygen atoms in total. The third kappa shape index (κ3) is 3.27. The van der Waals surface area contributed by atoms with Gasteiger partial charge < -0.3 is 9.84 Å². The summed E-state index contributed by atoms with van der Waals surface area (Å²) in [6.45, 7) is 4.27. The van der Waals surface area contributed by atoms with Crippen LogP contribution < -0.4 is 0 Å². The summed E-state index contributed by atoms with van der Waals surface area (Å²) in [4.78, 5) is 0. The highest BCUT2D eigenvalue weighted by atomic mass is 19.1. The molecule has 0 bridgehead atoms. The van der Waals surface area contributed by atoms with Crippen molar-refractivity contribution in [3.8, 4) is 0 Å². The highest BCUT2D eigenvalue weighted by molar-refractivity contribution is 5.20. The Morgan fingerprint density at radius 1 is 1.22 bits per heavy atom. The molecule has 0 spiro atoms. The highest BCUT2D eigenvalue weighted by Gasteiger charge is 2.39. The van der Waals surface area contributed by atoms with Crippen LogP contribution in [0.15, 0.2) is 18.2 Å². The van der Waals surface area contributed by atoms with Crippen molar-refractivity contribution >= 4 is 0 Å². The van der Waals surface area contributed by atoms with Crippen LogP contribution in [0.4, 0.5) is 8.78 Å². The summed E-state index contributed by atoms with van der Waals surface area (Å²) >= 11 is 0. The zero-order chi connectivity index (χ0) is 13.4. The monoisotopic (exact) mass is 256 g/mol. The van der Waals surface area contributed by atoms with E-state index in [1.807, 2.05) is 13.8 Å². The molecule has 1 fully saturated rings. The van der Waals surface area contributed by atoms with Crippen molar-refractivity contribution in [1.82, 2.24) is 0 Å². The average Bonchev–Trinajstić information content (AvgIpc) is 2.11. The summed E-state index contributed by atoms with van der Waals surface area (Å²) in [7, 11) is 0. The molecule has 100 valence electrons. The van der Waals surface area contributed by atoms with Gasteiger partial charge in [0, 0.05) is 18.9 Å². The lowest BCUT2D eigenvalue weighted by atomic mass is 9.80. The fourth-order valence-electron chi connectivity index (χ4n) is 2.69. The summed E-state index contributed by atoms with van der Waals surface area (Å²) < 4.78 is 31.8.